The molecule has 8 heteroatoms. The van der Waals surface area contributed by atoms with Crippen molar-refractivity contribution in [3.8, 4) is 0 Å². The second-order valence-electron chi connectivity index (χ2n) is 3.26. The summed E-state index contributed by atoms with van der Waals surface area (Å²) >= 11 is 5.70. The van der Waals surface area contributed by atoms with Crippen LogP contribution in [-0.4, -0.2) is 25.7 Å². The average Bonchev–Trinajstić information content (AvgIpc) is 2.63. The van der Waals surface area contributed by atoms with Gasteiger partial charge in [-0.3, -0.25) is 10.1 Å². The summed E-state index contributed by atoms with van der Waals surface area (Å²) in [5.41, 5.74) is 5.80. The van der Waals surface area contributed by atoms with Crippen LogP contribution >= 0.6 is 11.6 Å². The van der Waals surface area contributed by atoms with Crippen molar-refractivity contribution in [2.24, 2.45) is 7.05 Å². The van der Waals surface area contributed by atoms with E-state index in [0.717, 1.165) is 0 Å². The predicted octanol–water partition coefficient (Wildman–Crippen LogP) is 0.698. The van der Waals surface area contributed by atoms with Gasteiger partial charge in [-0.1, -0.05) is 11.6 Å². The summed E-state index contributed by atoms with van der Waals surface area (Å²) in [5.74, 6) is 0.138. The van der Waals surface area contributed by atoms with Gasteiger partial charge in [0, 0.05) is 12.6 Å². The van der Waals surface area contributed by atoms with Crippen molar-refractivity contribution in [2.45, 2.75) is 0 Å². The molecule has 3 N–H and O–H groups in total. The number of nitrogens with two attached hydrogens (primary N) is 1. The van der Waals surface area contributed by atoms with Gasteiger partial charge in [0.1, 0.15) is 17.3 Å². The molecule has 2 aromatic heterocycles. The summed E-state index contributed by atoms with van der Waals surface area (Å²) in [5, 5.41) is 6.56. The van der Waals surface area contributed by atoms with E-state index in [1.165, 1.54) is 23.1 Å². The average molecular weight is 253 g/mol. The Morgan fingerprint density at radius 2 is 2.29 bits per heavy atom. The highest BCUT2D eigenvalue weighted by molar-refractivity contribution is 6.30. The fraction of sp³-hybridized carbons (Fsp3) is 0.111. The monoisotopic (exact) mass is 252 g/mol. The van der Waals surface area contributed by atoms with Crippen LogP contribution in [0.1, 0.15) is 10.4 Å². The Morgan fingerprint density at radius 1 is 1.53 bits per heavy atom. The van der Waals surface area contributed by atoms with Crippen molar-refractivity contribution in [1.29, 1.82) is 0 Å². The van der Waals surface area contributed by atoms with Gasteiger partial charge in [-0.2, -0.15) is 10.1 Å². The van der Waals surface area contributed by atoms with E-state index < -0.39 is 0 Å². The molecule has 0 aliphatic rings. The van der Waals surface area contributed by atoms with Crippen LogP contribution in [0.5, 0.6) is 0 Å². The third kappa shape index (κ3) is 2.51. The molecule has 0 unspecified atom stereocenters. The minimum Gasteiger partial charge on any atom is -0.384 e. The zero-order valence-corrected chi connectivity index (χ0v) is 9.64. The molecule has 2 rings (SSSR count). The highest BCUT2D eigenvalue weighted by Gasteiger charge is 2.11. The Hall–Kier alpha value is -2.15. The number of rotatable bonds is 2. The molecule has 0 atom stereocenters. The molecule has 17 heavy (non-hydrogen) atoms. The molecule has 1 amide bonds. The van der Waals surface area contributed by atoms with E-state index in [1.807, 2.05) is 0 Å². The first-order valence-corrected chi connectivity index (χ1v) is 5.02. The quantitative estimate of drug-likeness (QED) is 0.767. The third-order valence-corrected chi connectivity index (χ3v) is 2.21. The van der Waals surface area contributed by atoms with Gasteiger partial charge in [0.05, 0.1) is 0 Å². The van der Waals surface area contributed by atoms with Gasteiger partial charge in [-0.05, 0) is 12.1 Å². The topological polar surface area (TPSA) is 98.7 Å². The lowest BCUT2D eigenvalue weighted by atomic mass is 10.2. The number of hydrogen-bond donors (Lipinski definition) is 2. The number of amides is 1. The van der Waals surface area contributed by atoms with Crippen LogP contribution in [0.25, 0.3) is 0 Å². The predicted molar refractivity (Wildman–Crippen MR) is 62.6 cm³/mol. The van der Waals surface area contributed by atoms with Crippen LogP contribution < -0.4 is 11.1 Å². The highest BCUT2D eigenvalue weighted by atomic mass is 35.5. The summed E-state index contributed by atoms with van der Waals surface area (Å²) in [6, 6.07) is 2.85. The molecule has 0 aromatic carbocycles. The van der Waals surface area contributed by atoms with Gasteiger partial charge in [0.2, 0.25) is 5.95 Å². The molecule has 0 spiro atoms. The summed E-state index contributed by atoms with van der Waals surface area (Å²) in [7, 11) is 1.66. The lowest BCUT2D eigenvalue weighted by molar-refractivity contribution is 0.102. The van der Waals surface area contributed by atoms with Gasteiger partial charge in [-0.15, -0.1) is 0 Å². The number of pyridine rings is 1. The molecule has 2 aromatic rings. The van der Waals surface area contributed by atoms with Crippen molar-refractivity contribution in [3.63, 3.8) is 0 Å². The Bertz CT molecular complexity index is 546. The minimum atomic E-state index is -0.378. The lowest BCUT2D eigenvalue weighted by Crippen LogP contribution is -2.16. The van der Waals surface area contributed by atoms with Crippen molar-refractivity contribution in [3.05, 3.63) is 29.2 Å². The normalized spacial score (nSPS) is 10.2. The van der Waals surface area contributed by atoms with Crippen LogP contribution in [0.3, 0.4) is 0 Å². The van der Waals surface area contributed by atoms with Crippen molar-refractivity contribution in [1.82, 2.24) is 19.7 Å². The van der Waals surface area contributed by atoms with E-state index in [4.69, 9.17) is 17.3 Å². The van der Waals surface area contributed by atoms with E-state index in [-0.39, 0.29) is 16.9 Å². The van der Waals surface area contributed by atoms with Crippen molar-refractivity contribution in [2.75, 3.05) is 11.1 Å². The second kappa shape index (κ2) is 4.38. The fourth-order valence-corrected chi connectivity index (χ4v) is 1.45. The molecular weight excluding hydrogens is 244 g/mol. The van der Waals surface area contributed by atoms with Crippen LogP contribution in [-0.2, 0) is 7.05 Å². The van der Waals surface area contributed by atoms with Crippen LogP contribution in [0.2, 0.25) is 5.15 Å². The fourth-order valence-electron chi connectivity index (χ4n) is 1.23. The molecule has 0 saturated carbocycles. The van der Waals surface area contributed by atoms with E-state index in [0.29, 0.717) is 11.5 Å². The first-order chi connectivity index (χ1) is 8.06. The Balaban J connectivity index is 2.23. The molecule has 0 radical (unpaired) electrons. The number of hydrogen-bond acceptors (Lipinski definition) is 5. The van der Waals surface area contributed by atoms with Crippen molar-refractivity contribution < 1.29 is 4.79 Å². The third-order valence-electron chi connectivity index (χ3n) is 2.01. The number of nitrogens with zero attached hydrogens (tertiary/aromatic N) is 4. The number of carbonyl (C=O) groups excluding carboxylic acids is 1. The van der Waals surface area contributed by atoms with Crippen LogP contribution in [0, 0.1) is 0 Å². The Kier molecular flexibility index (Phi) is 2.92. The standard InChI is InChI=1S/C9H9ClN6O/c1-16-9(12-4-13-16)15-8(17)5-2-6(10)14-7(11)3-5/h2-4H,1H3,(H2,11,14)(H,12,13,15,17). The number of aromatic nitrogens is 4. The van der Waals surface area contributed by atoms with Crippen molar-refractivity contribution >= 4 is 29.3 Å². The number of nitrogen functional groups attached to an aromatic ring is 1. The first kappa shape index (κ1) is 11.3. The molecule has 0 bridgehead atoms. The maximum atomic E-state index is 11.8. The molecular formula is C9H9ClN6O. The smallest absolute Gasteiger partial charge is 0.258 e. The van der Waals surface area contributed by atoms with E-state index in [1.54, 1.807) is 7.05 Å². The zero-order chi connectivity index (χ0) is 12.4. The highest BCUT2D eigenvalue weighted by Crippen LogP contribution is 2.13. The molecule has 0 aliphatic carbocycles. The maximum Gasteiger partial charge on any atom is 0.258 e. The number of anilines is 2. The SMILES string of the molecule is Cn1ncnc1NC(=O)c1cc(N)nc(Cl)c1. The molecule has 0 aliphatic heterocycles. The second-order valence-corrected chi connectivity index (χ2v) is 3.65. The van der Waals surface area contributed by atoms with E-state index in [2.05, 4.69) is 20.4 Å². The maximum absolute atomic E-state index is 11.8. The number of aryl methyl sites for hydroxylation is 1. The lowest BCUT2D eigenvalue weighted by Gasteiger charge is -2.04. The minimum absolute atomic E-state index is 0.160. The van der Waals surface area contributed by atoms with Gasteiger partial charge < -0.3 is 5.73 Å². The largest absolute Gasteiger partial charge is 0.384 e. The molecule has 2 heterocycles. The summed E-state index contributed by atoms with van der Waals surface area (Å²) in [6.45, 7) is 0. The van der Waals surface area contributed by atoms with Crippen LogP contribution in [0.15, 0.2) is 18.5 Å². The number of nitrogens with one attached hydrogen (secondary N) is 1. The van der Waals surface area contributed by atoms with Gasteiger partial charge >= 0.3 is 0 Å². The van der Waals surface area contributed by atoms with E-state index >= 15 is 0 Å². The Morgan fingerprint density at radius 3 is 2.88 bits per heavy atom. The molecule has 88 valence electrons. The molecule has 0 saturated heterocycles. The molecule has 0 fully saturated rings. The van der Waals surface area contributed by atoms with Gasteiger partial charge in [-0.25, -0.2) is 9.67 Å². The van der Waals surface area contributed by atoms with Crippen LogP contribution in [0.4, 0.5) is 11.8 Å². The summed E-state index contributed by atoms with van der Waals surface area (Å²) < 4.78 is 1.43. The molecule has 7 nitrogen and oxygen atoms in total. The zero-order valence-electron chi connectivity index (χ0n) is 8.88. The van der Waals surface area contributed by atoms with Gasteiger partial charge in [0.15, 0.2) is 0 Å². The number of carbonyl (C=O) groups is 1. The summed E-state index contributed by atoms with van der Waals surface area (Å²) in [4.78, 5) is 19.5. The first-order valence-electron chi connectivity index (χ1n) is 4.64. The van der Waals surface area contributed by atoms with Gasteiger partial charge in [0.25, 0.3) is 5.91 Å². The number of halogens is 1. The summed E-state index contributed by atoms with van der Waals surface area (Å²) in [6.07, 6.45) is 1.34. The Labute approximate surface area is 102 Å². The van der Waals surface area contributed by atoms with E-state index in [9.17, 15) is 4.79 Å².